The van der Waals surface area contributed by atoms with Crippen molar-refractivity contribution in [3.05, 3.63) is 28.7 Å². The molecule has 2 aromatic rings. The summed E-state index contributed by atoms with van der Waals surface area (Å²) < 4.78 is 37.9. The molecule has 1 amide bonds. The fourth-order valence-corrected chi connectivity index (χ4v) is 2.78. The summed E-state index contributed by atoms with van der Waals surface area (Å²) in [5, 5.41) is 10.3. The van der Waals surface area contributed by atoms with E-state index in [0.717, 1.165) is 4.90 Å². The van der Waals surface area contributed by atoms with E-state index in [1.165, 1.54) is 7.11 Å². The smallest absolute Gasteiger partial charge is 0.277 e. The predicted octanol–water partition coefficient (Wildman–Crippen LogP) is 1.78. The number of rotatable bonds is 4. The second-order valence-electron chi connectivity index (χ2n) is 5.79. The highest BCUT2D eigenvalue weighted by Crippen LogP contribution is 2.40. The summed E-state index contributed by atoms with van der Waals surface area (Å²) in [7, 11) is 1.46. The van der Waals surface area contributed by atoms with E-state index < -0.39 is 30.8 Å². The number of carbonyl (C=O) groups excluding carboxylic acids is 1. The second kappa shape index (κ2) is 5.93. The SMILES string of the molecule is COCc1c(C(=O)N2CC(F)(F)C[C@H]2c2n[nH]c(C)n2)noc1C. The average molecular weight is 341 g/mol. The fourth-order valence-electron chi connectivity index (χ4n) is 2.78. The summed E-state index contributed by atoms with van der Waals surface area (Å²) in [6.07, 6.45) is -0.535. The molecule has 0 radical (unpaired) electrons. The van der Waals surface area contributed by atoms with Gasteiger partial charge >= 0.3 is 0 Å². The molecule has 2 aromatic heterocycles. The Bertz CT molecular complexity index is 757. The van der Waals surface area contributed by atoms with Crippen LogP contribution in [0.1, 0.15) is 45.9 Å². The number of carbonyl (C=O) groups is 1. The zero-order chi connectivity index (χ0) is 17.5. The molecule has 0 aliphatic carbocycles. The molecule has 0 spiro atoms. The third kappa shape index (κ3) is 2.88. The van der Waals surface area contributed by atoms with E-state index in [2.05, 4.69) is 20.3 Å². The Morgan fingerprint density at radius 3 is 2.88 bits per heavy atom. The molecule has 130 valence electrons. The van der Waals surface area contributed by atoms with Crippen LogP contribution in [-0.2, 0) is 11.3 Å². The molecule has 1 saturated heterocycles. The fraction of sp³-hybridized carbons (Fsp3) is 0.571. The van der Waals surface area contributed by atoms with Gasteiger partial charge in [0.15, 0.2) is 11.5 Å². The van der Waals surface area contributed by atoms with E-state index in [0.29, 0.717) is 17.1 Å². The minimum atomic E-state index is -3.02. The van der Waals surface area contributed by atoms with E-state index >= 15 is 0 Å². The molecular weight excluding hydrogens is 324 g/mol. The molecule has 10 heteroatoms. The highest BCUT2D eigenvalue weighted by molar-refractivity contribution is 5.94. The summed E-state index contributed by atoms with van der Waals surface area (Å²) in [6, 6.07) is -0.926. The van der Waals surface area contributed by atoms with Crippen molar-refractivity contribution in [2.75, 3.05) is 13.7 Å². The monoisotopic (exact) mass is 341 g/mol. The summed E-state index contributed by atoms with van der Waals surface area (Å²) in [5.74, 6) is -2.61. The first kappa shape index (κ1) is 16.5. The molecule has 0 bridgehead atoms. The van der Waals surface area contributed by atoms with Crippen LogP contribution in [0.15, 0.2) is 4.52 Å². The van der Waals surface area contributed by atoms with E-state index in [1.54, 1.807) is 13.8 Å². The summed E-state index contributed by atoms with van der Waals surface area (Å²) >= 11 is 0. The van der Waals surface area contributed by atoms with E-state index in [9.17, 15) is 13.6 Å². The van der Waals surface area contributed by atoms with Gasteiger partial charge in [0.05, 0.1) is 18.7 Å². The molecule has 1 fully saturated rings. The van der Waals surface area contributed by atoms with E-state index in [4.69, 9.17) is 9.26 Å². The molecule has 0 saturated carbocycles. The maximum absolute atomic E-state index is 13.9. The van der Waals surface area contributed by atoms with Crippen molar-refractivity contribution in [1.82, 2.24) is 25.2 Å². The lowest BCUT2D eigenvalue weighted by Crippen LogP contribution is -2.34. The van der Waals surface area contributed by atoms with Crippen molar-refractivity contribution in [3.8, 4) is 0 Å². The van der Waals surface area contributed by atoms with E-state index in [1.807, 2.05) is 0 Å². The summed E-state index contributed by atoms with van der Waals surface area (Å²) in [5.41, 5.74) is 0.423. The van der Waals surface area contributed by atoms with Crippen LogP contribution in [0, 0.1) is 13.8 Å². The molecule has 3 rings (SSSR count). The first-order chi connectivity index (χ1) is 11.3. The number of ether oxygens (including phenoxy) is 1. The number of alkyl halides is 2. The zero-order valence-electron chi connectivity index (χ0n) is 13.5. The second-order valence-corrected chi connectivity index (χ2v) is 5.79. The van der Waals surface area contributed by atoms with Gasteiger partial charge < -0.3 is 14.2 Å². The van der Waals surface area contributed by atoms with Crippen LogP contribution in [-0.4, -0.2) is 50.7 Å². The van der Waals surface area contributed by atoms with E-state index in [-0.39, 0.29) is 18.1 Å². The van der Waals surface area contributed by atoms with Gasteiger partial charge in [0, 0.05) is 13.5 Å². The number of halogens is 2. The van der Waals surface area contributed by atoms with Crippen molar-refractivity contribution < 1.29 is 22.8 Å². The van der Waals surface area contributed by atoms with Crippen LogP contribution in [0.3, 0.4) is 0 Å². The van der Waals surface area contributed by atoms with Gasteiger partial charge in [0.2, 0.25) is 0 Å². The molecule has 1 N–H and O–H groups in total. The molecular formula is C14H17F2N5O3. The predicted molar refractivity (Wildman–Crippen MR) is 76.4 cm³/mol. The summed E-state index contributed by atoms with van der Waals surface area (Å²) in [4.78, 5) is 17.9. The summed E-state index contributed by atoms with van der Waals surface area (Å²) in [6.45, 7) is 2.67. The van der Waals surface area contributed by atoms with Crippen LogP contribution in [0.4, 0.5) is 8.78 Å². The normalized spacial score (nSPS) is 19.9. The van der Waals surface area contributed by atoms with Crippen LogP contribution >= 0.6 is 0 Å². The first-order valence-electron chi connectivity index (χ1n) is 7.34. The molecule has 1 aliphatic rings. The topological polar surface area (TPSA) is 97.1 Å². The van der Waals surface area contributed by atoms with Crippen LogP contribution in [0.25, 0.3) is 0 Å². The highest BCUT2D eigenvalue weighted by atomic mass is 19.3. The highest BCUT2D eigenvalue weighted by Gasteiger charge is 2.50. The van der Waals surface area contributed by atoms with Gasteiger partial charge in [0.25, 0.3) is 11.8 Å². The standard InChI is InChI=1S/C14H17F2N5O3/c1-7-9(5-23-3)11(20-24-7)13(22)21-6-14(15,16)4-10(21)12-17-8(2)18-19-12/h10H,4-6H2,1-3H3,(H,17,18,19)/t10-/m0/s1. The van der Waals surface area contributed by atoms with Crippen molar-refractivity contribution in [3.63, 3.8) is 0 Å². The average Bonchev–Trinajstić information content (AvgIpc) is 3.18. The maximum atomic E-state index is 13.9. The van der Waals surface area contributed by atoms with Gasteiger partial charge in [-0.2, -0.15) is 5.10 Å². The lowest BCUT2D eigenvalue weighted by molar-refractivity contribution is 0.0116. The number of methoxy groups -OCH3 is 1. The van der Waals surface area contributed by atoms with Gasteiger partial charge in [-0.3, -0.25) is 9.89 Å². The largest absolute Gasteiger partial charge is 0.380 e. The Labute approximate surface area is 136 Å². The van der Waals surface area contributed by atoms with Crippen LogP contribution in [0.5, 0.6) is 0 Å². The molecule has 1 aliphatic heterocycles. The van der Waals surface area contributed by atoms with Crippen LogP contribution < -0.4 is 0 Å². The number of hydrogen-bond acceptors (Lipinski definition) is 6. The molecule has 0 aromatic carbocycles. The number of likely N-dealkylation sites (tertiary alicyclic amines) is 1. The number of hydrogen-bond donors (Lipinski definition) is 1. The van der Waals surface area contributed by atoms with Gasteiger partial charge in [0.1, 0.15) is 17.6 Å². The van der Waals surface area contributed by atoms with Crippen molar-refractivity contribution >= 4 is 5.91 Å². The minimum Gasteiger partial charge on any atom is -0.380 e. The van der Waals surface area contributed by atoms with Crippen molar-refractivity contribution in [2.24, 2.45) is 0 Å². The number of nitrogens with one attached hydrogen (secondary N) is 1. The Morgan fingerprint density at radius 1 is 1.50 bits per heavy atom. The molecule has 1 atom stereocenters. The van der Waals surface area contributed by atoms with Crippen molar-refractivity contribution in [1.29, 1.82) is 0 Å². The Balaban J connectivity index is 1.95. The molecule has 8 nitrogen and oxygen atoms in total. The molecule has 24 heavy (non-hydrogen) atoms. The minimum absolute atomic E-state index is 0.0238. The molecule has 3 heterocycles. The number of amides is 1. The first-order valence-corrected chi connectivity index (χ1v) is 7.34. The number of aromatic amines is 1. The third-order valence-electron chi connectivity index (χ3n) is 3.92. The maximum Gasteiger partial charge on any atom is 0.277 e. The zero-order valence-corrected chi connectivity index (χ0v) is 13.5. The third-order valence-corrected chi connectivity index (χ3v) is 3.92. The van der Waals surface area contributed by atoms with Gasteiger partial charge in [-0.25, -0.2) is 13.8 Å². The Hall–Kier alpha value is -2.36. The van der Waals surface area contributed by atoms with Gasteiger partial charge in [-0.05, 0) is 13.8 Å². The van der Waals surface area contributed by atoms with Gasteiger partial charge in [-0.15, -0.1) is 0 Å². The van der Waals surface area contributed by atoms with Gasteiger partial charge in [-0.1, -0.05) is 5.16 Å². The number of aryl methyl sites for hydroxylation is 2. The van der Waals surface area contributed by atoms with Crippen LogP contribution in [0.2, 0.25) is 0 Å². The lowest BCUT2D eigenvalue weighted by atomic mass is 10.1. The number of aromatic nitrogens is 4. The van der Waals surface area contributed by atoms with Crippen molar-refractivity contribution in [2.45, 2.75) is 38.8 Å². The number of nitrogens with zero attached hydrogens (tertiary/aromatic N) is 4. The quantitative estimate of drug-likeness (QED) is 0.910. The number of H-pyrrole nitrogens is 1. The molecule has 0 unspecified atom stereocenters. The lowest BCUT2D eigenvalue weighted by Gasteiger charge is -2.21. The Kier molecular flexibility index (Phi) is 4.08. The Morgan fingerprint density at radius 2 is 2.25 bits per heavy atom.